The fourth-order valence-electron chi connectivity index (χ4n) is 3.62. The van der Waals surface area contributed by atoms with Crippen LogP contribution in [0.5, 0.6) is 0 Å². The minimum atomic E-state index is 0.301. The van der Waals surface area contributed by atoms with Gasteiger partial charge >= 0.3 is 0 Å². The Morgan fingerprint density at radius 3 is 3.11 bits per heavy atom. The van der Waals surface area contributed by atoms with Crippen molar-refractivity contribution in [2.75, 3.05) is 19.6 Å². The van der Waals surface area contributed by atoms with Crippen molar-refractivity contribution in [1.29, 1.82) is 0 Å². The lowest BCUT2D eigenvalue weighted by Gasteiger charge is -2.27. The first kappa shape index (κ1) is 12.7. The minimum Gasteiger partial charge on any atom is -0.339 e. The maximum atomic E-state index is 12.4. The molecule has 3 heterocycles. The lowest BCUT2D eigenvalue weighted by atomic mass is 9.93. The number of imidazole rings is 1. The molecule has 1 aromatic rings. The second-order valence-electron chi connectivity index (χ2n) is 5.65. The van der Waals surface area contributed by atoms with E-state index in [1.165, 1.54) is 0 Å². The molecule has 0 spiro atoms. The number of carbonyl (C=O) groups excluding carboxylic acids is 1. The summed E-state index contributed by atoms with van der Waals surface area (Å²) in [6.07, 6.45) is 7.09. The molecule has 2 aliphatic heterocycles. The van der Waals surface area contributed by atoms with Gasteiger partial charge in [0.05, 0.1) is 6.33 Å². The van der Waals surface area contributed by atoms with Crippen molar-refractivity contribution >= 4 is 5.91 Å². The van der Waals surface area contributed by atoms with E-state index >= 15 is 0 Å². The molecule has 3 rings (SSSR count). The van der Waals surface area contributed by atoms with Gasteiger partial charge in [-0.2, -0.15) is 0 Å². The molecular formula is C14H22N4O. The quantitative estimate of drug-likeness (QED) is 0.870. The van der Waals surface area contributed by atoms with Crippen molar-refractivity contribution in [3.8, 4) is 0 Å². The molecule has 1 amide bonds. The van der Waals surface area contributed by atoms with Gasteiger partial charge < -0.3 is 14.8 Å². The van der Waals surface area contributed by atoms with E-state index in [1.54, 1.807) is 12.5 Å². The van der Waals surface area contributed by atoms with Gasteiger partial charge in [0.25, 0.3) is 0 Å². The Morgan fingerprint density at radius 2 is 2.37 bits per heavy atom. The Kier molecular flexibility index (Phi) is 3.55. The predicted octanol–water partition coefficient (Wildman–Crippen LogP) is 0.730. The highest BCUT2D eigenvalue weighted by Crippen LogP contribution is 2.34. The summed E-state index contributed by atoms with van der Waals surface area (Å²) in [6, 6.07) is 0.440. The Balaban J connectivity index is 1.60. The van der Waals surface area contributed by atoms with Crippen LogP contribution in [0.25, 0.3) is 0 Å². The molecule has 2 fully saturated rings. The standard InChI is InChI=1S/C14H22N4O/c1-2-13-12-8-16-7-11(12)9-18(13)14(19)3-5-17-6-4-15-10-17/h4,6,10-13,16H,2-3,5,7-9H2,1H3. The molecule has 0 saturated carbocycles. The van der Waals surface area contributed by atoms with Gasteiger partial charge in [-0.15, -0.1) is 0 Å². The van der Waals surface area contributed by atoms with Gasteiger partial charge in [-0.3, -0.25) is 4.79 Å². The summed E-state index contributed by atoms with van der Waals surface area (Å²) in [5, 5.41) is 3.45. The summed E-state index contributed by atoms with van der Waals surface area (Å²) >= 11 is 0. The average molecular weight is 262 g/mol. The summed E-state index contributed by atoms with van der Waals surface area (Å²) < 4.78 is 1.97. The number of aryl methyl sites for hydroxylation is 1. The van der Waals surface area contributed by atoms with Gasteiger partial charge in [0.2, 0.25) is 5.91 Å². The van der Waals surface area contributed by atoms with Crippen LogP contribution in [0.4, 0.5) is 0 Å². The Morgan fingerprint density at radius 1 is 1.47 bits per heavy atom. The molecule has 1 N–H and O–H groups in total. The summed E-state index contributed by atoms with van der Waals surface area (Å²) in [5.41, 5.74) is 0. The van der Waals surface area contributed by atoms with E-state index in [-0.39, 0.29) is 0 Å². The summed E-state index contributed by atoms with van der Waals surface area (Å²) in [5.74, 6) is 1.64. The van der Waals surface area contributed by atoms with E-state index < -0.39 is 0 Å². The molecule has 2 aliphatic rings. The topological polar surface area (TPSA) is 50.2 Å². The molecule has 0 aliphatic carbocycles. The van der Waals surface area contributed by atoms with Crippen molar-refractivity contribution < 1.29 is 4.79 Å². The van der Waals surface area contributed by atoms with Crippen LogP contribution in [0.15, 0.2) is 18.7 Å². The van der Waals surface area contributed by atoms with Gasteiger partial charge in [-0.1, -0.05) is 6.92 Å². The highest BCUT2D eigenvalue weighted by Gasteiger charge is 2.44. The first-order valence-corrected chi connectivity index (χ1v) is 7.25. The molecule has 3 atom stereocenters. The summed E-state index contributed by atoms with van der Waals surface area (Å²) in [4.78, 5) is 18.5. The third-order valence-electron chi connectivity index (χ3n) is 4.60. The Bertz CT molecular complexity index is 431. The number of nitrogens with zero attached hydrogens (tertiary/aromatic N) is 3. The average Bonchev–Trinajstić information content (AvgIpc) is 3.11. The molecule has 3 unspecified atom stereocenters. The smallest absolute Gasteiger partial charge is 0.224 e. The molecule has 0 aromatic carbocycles. The number of carbonyl (C=O) groups is 1. The van der Waals surface area contributed by atoms with Crippen molar-refractivity contribution in [2.45, 2.75) is 32.4 Å². The maximum Gasteiger partial charge on any atom is 0.224 e. The normalized spacial score (nSPS) is 29.7. The second-order valence-corrected chi connectivity index (χ2v) is 5.65. The van der Waals surface area contributed by atoms with Gasteiger partial charge in [0.1, 0.15) is 0 Å². The molecular weight excluding hydrogens is 240 g/mol. The number of likely N-dealkylation sites (tertiary alicyclic amines) is 1. The van der Waals surface area contributed by atoms with Gasteiger partial charge in [-0.25, -0.2) is 4.98 Å². The van der Waals surface area contributed by atoms with Crippen LogP contribution in [0.2, 0.25) is 0 Å². The largest absolute Gasteiger partial charge is 0.339 e. The predicted molar refractivity (Wildman–Crippen MR) is 72.5 cm³/mol. The lowest BCUT2D eigenvalue weighted by molar-refractivity contribution is -0.132. The van der Waals surface area contributed by atoms with E-state index in [0.29, 0.717) is 30.2 Å². The van der Waals surface area contributed by atoms with Crippen molar-refractivity contribution in [3.05, 3.63) is 18.7 Å². The van der Waals surface area contributed by atoms with Crippen LogP contribution in [-0.2, 0) is 11.3 Å². The minimum absolute atomic E-state index is 0.301. The second kappa shape index (κ2) is 5.33. The van der Waals surface area contributed by atoms with Crippen LogP contribution in [0.1, 0.15) is 19.8 Å². The number of rotatable bonds is 4. The molecule has 5 nitrogen and oxygen atoms in total. The fraction of sp³-hybridized carbons (Fsp3) is 0.714. The molecule has 5 heteroatoms. The zero-order valence-electron chi connectivity index (χ0n) is 11.5. The fourth-order valence-corrected chi connectivity index (χ4v) is 3.62. The number of hydrogen-bond donors (Lipinski definition) is 1. The first-order chi connectivity index (χ1) is 9.29. The number of fused-ring (bicyclic) bond motifs is 1. The Hall–Kier alpha value is -1.36. The van der Waals surface area contributed by atoms with Crippen LogP contribution in [-0.4, -0.2) is 46.0 Å². The molecule has 1 aromatic heterocycles. The zero-order valence-corrected chi connectivity index (χ0v) is 11.5. The lowest BCUT2D eigenvalue weighted by Crippen LogP contribution is -2.39. The number of amides is 1. The third kappa shape index (κ3) is 2.39. The van der Waals surface area contributed by atoms with Crippen LogP contribution >= 0.6 is 0 Å². The monoisotopic (exact) mass is 262 g/mol. The van der Waals surface area contributed by atoms with Gasteiger partial charge in [0.15, 0.2) is 0 Å². The maximum absolute atomic E-state index is 12.4. The first-order valence-electron chi connectivity index (χ1n) is 7.25. The van der Waals surface area contributed by atoms with Gasteiger partial charge in [0, 0.05) is 51.0 Å². The molecule has 2 saturated heterocycles. The van der Waals surface area contributed by atoms with Crippen molar-refractivity contribution in [3.63, 3.8) is 0 Å². The Labute approximate surface area is 114 Å². The third-order valence-corrected chi connectivity index (χ3v) is 4.60. The van der Waals surface area contributed by atoms with Crippen LogP contribution in [0.3, 0.4) is 0 Å². The van der Waals surface area contributed by atoms with E-state index in [1.807, 2.05) is 10.8 Å². The number of nitrogens with one attached hydrogen (secondary N) is 1. The van der Waals surface area contributed by atoms with E-state index in [4.69, 9.17) is 0 Å². The van der Waals surface area contributed by atoms with Crippen molar-refractivity contribution in [2.24, 2.45) is 11.8 Å². The number of aromatic nitrogens is 2. The van der Waals surface area contributed by atoms with Crippen LogP contribution < -0.4 is 5.32 Å². The SMILES string of the molecule is CCC1C2CNCC2CN1C(=O)CCn1ccnc1. The van der Waals surface area contributed by atoms with E-state index in [0.717, 1.165) is 32.6 Å². The van der Waals surface area contributed by atoms with E-state index in [9.17, 15) is 4.79 Å². The summed E-state index contributed by atoms with van der Waals surface area (Å²) in [7, 11) is 0. The highest BCUT2D eigenvalue weighted by molar-refractivity contribution is 5.77. The van der Waals surface area contributed by atoms with Crippen molar-refractivity contribution in [1.82, 2.24) is 19.8 Å². The highest BCUT2D eigenvalue weighted by atomic mass is 16.2. The molecule has 19 heavy (non-hydrogen) atoms. The zero-order chi connectivity index (χ0) is 13.2. The number of hydrogen-bond acceptors (Lipinski definition) is 3. The molecule has 104 valence electrons. The molecule has 0 radical (unpaired) electrons. The molecule has 0 bridgehead atoms. The summed E-state index contributed by atoms with van der Waals surface area (Å²) in [6.45, 7) is 6.03. The van der Waals surface area contributed by atoms with E-state index in [2.05, 4.69) is 22.1 Å². The van der Waals surface area contributed by atoms with Crippen LogP contribution in [0, 0.1) is 11.8 Å². The van der Waals surface area contributed by atoms with Gasteiger partial charge in [-0.05, 0) is 18.3 Å².